The van der Waals surface area contributed by atoms with E-state index in [1.807, 2.05) is 0 Å². The van der Waals surface area contributed by atoms with Crippen LogP contribution in [0.25, 0.3) is 11.2 Å². The smallest absolute Gasteiger partial charge is 0.394 e. The standard InChI is InChI=1S/C14H16F5N5O4/c15-13(16,14(17,18)19)1-2-23-7-4-21-11(20)22-9(7)24(12(23)27)10-8(26)3-6(5-25)28-10/h4,6,8,10,25-26H,1-3,5H2,(H2,20,21,22)/t6-,8+,10+/m0/s1. The predicted molar refractivity (Wildman–Crippen MR) is 83.4 cm³/mol. The molecule has 1 aliphatic rings. The van der Waals surface area contributed by atoms with Crippen molar-refractivity contribution in [2.24, 2.45) is 0 Å². The summed E-state index contributed by atoms with van der Waals surface area (Å²) in [6.45, 7) is -1.44. The van der Waals surface area contributed by atoms with E-state index in [1.54, 1.807) is 0 Å². The van der Waals surface area contributed by atoms with E-state index in [0.29, 0.717) is 4.57 Å². The Balaban J connectivity index is 2.05. The number of nitrogen functional groups attached to an aromatic ring is 1. The van der Waals surface area contributed by atoms with Crippen LogP contribution in [0, 0.1) is 0 Å². The van der Waals surface area contributed by atoms with Crippen LogP contribution in [-0.2, 0) is 11.3 Å². The van der Waals surface area contributed by atoms with Gasteiger partial charge in [0.15, 0.2) is 11.9 Å². The van der Waals surface area contributed by atoms with Gasteiger partial charge in [-0.2, -0.15) is 26.9 Å². The van der Waals surface area contributed by atoms with E-state index in [9.17, 15) is 31.9 Å². The number of aryl methyl sites for hydroxylation is 1. The van der Waals surface area contributed by atoms with Crippen LogP contribution < -0.4 is 11.4 Å². The second-order valence-corrected chi connectivity index (χ2v) is 6.33. The highest BCUT2D eigenvalue weighted by Crippen LogP contribution is 2.38. The van der Waals surface area contributed by atoms with Crippen LogP contribution >= 0.6 is 0 Å². The molecule has 1 saturated heterocycles. The quantitative estimate of drug-likeness (QED) is 0.606. The topological polar surface area (TPSA) is 128 Å². The maximum atomic E-state index is 13.3. The second-order valence-electron chi connectivity index (χ2n) is 6.33. The molecule has 0 radical (unpaired) electrons. The summed E-state index contributed by atoms with van der Waals surface area (Å²) in [6.07, 6.45) is -9.84. The van der Waals surface area contributed by atoms with Crippen molar-refractivity contribution in [1.82, 2.24) is 19.1 Å². The molecule has 3 heterocycles. The van der Waals surface area contributed by atoms with Gasteiger partial charge in [0, 0.05) is 19.4 Å². The Bertz CT molecular complexity index is 927. The maximum Gasteiger partial charge on any atom is 0.453 e. The Labute approximate surface area is 153 Å². The average molecular weight is 413 g/mol. The minimum Gasteiger partial charge on any atom is -0.394 e. The van der Waals surface area contributed by atoms with Gasteiger partial charge in [-0.05, 0) is 0 Å². The molecule has 156 valence electrons. The van der Waals surface area contributed by atoms with E-state index in [0.717, 1.165) is 10.8 Å². The third-order valence-corrected chi connectivity index (χ3v) is 4.41. The summed E-state index contributed by atoms with van der Waals surface area (Å²) in [5.41, 5.74) is 4.10. The lowest BCUT2D eigenvalue weighted by Crippen LogP contribution is -2.38. The predicted octanol–water partition coefficient (Wildman–Crippen LogP) is 0.404. The number of aliphatic hydroxyl groups excluding tert-OH is 2. The zero-order valence-corrected chi connectivity index (χ0v) is 14.1. The summed E-state index contributed by atoms with van der Waals surface area (Å²) < 4.78 is 70.7. The summed E-state index contributed by atoms with van der Waals surface area (Å²) in [5, 5.41) is 19.3. The molecular weight excluding hydrogens is 397 g/mol. The number of hydrogen-bond donors (Lipinski definition) is 3. The fraction of sp³-hybridized carbons (Fsp3) is 0.643. The molecule has 4 N–H and O–H groups in total. The maximum absolute atomic E-state index is 13.3. The molecule has 3 atom stereocenters. The molecule has 0 amide bonds. The third-order valence-electron chi connectivity index (χ3n) is 4.41. The van der Waals surface area contributed by atoms with Crippen molar-refractivity contribution in [3.8, 4) is 0 Å². The number of rotatable bonds is 5. The number of nitrogens with two attached hydrogens (primary N) is 1. The highest BCUT2D eigenvalue weighted by atomic mass is 19.4. The highest BCUT2D eigenvalue weighted by Gasteiger charge is 2.56. The zero-order chi connectivity index (χ0) is 20.9. The van der Waals surface area contributed by atoms with Gasteiger partial charge >= 0.3 is 17.8 Å². The highest BCUT2D eigenvalue weighted by molar-refractivity contribution is 5.71. The number of imidazole rings is 1. The van der Waals surface area contributed by atoms with Crippen molar-refractivity contribution in [3.63, 3.8) is 0 Å². The number of aliphatic hydroxyl groups is 2. The monoisotopic (exact) mass is 413 g/mol. The van der Waals surface area contributed by atoms with Crippen molar-refractivity contribution in [3.05, 3.63) is 16.7 Å². The number of fused-ring (bicyclic) bond motifs is 1. The van der Waals surface area contributed by atoms with Crippen LogP contribution in [0.3, 0.4) is 0 Å². The lowest BCUT2D eigenvalue weighted by molar-refractivity contribution is -0.285. The summed E-state index contributed by atoms with van der Waals surface area (Å²) in [6, 6.07) is 0. The van der Waals surface area contributed by atoms with Gasteiger partial charge in [0.1, 0.15) is 11.6 Å². The molecule has 0 spiro atoms. The van der Waals surface area contributed by atoms with Crippen molar-refractivity contribution in [2.45, 2.75) is 49.9 Å². The number of hydrogen-bond acceptors (Lipinski definition) is 7. The van der Waals surface area contributed by atoms with Gasteiger partial charge in [0.25, 0.3) is 0 Å². The molecule has 0 aliphatic carbocycles. The first kappa shape index (κ1) is 20.4. The summed E-state index contributed by atoms with van der Waals surface area (Å²) in [7, 11) is 0. The second kappa shape index (κ2) is 6.93. The van der Waals surface area contributed by atoms with Crippen molar-refractivity contribution < 1.29 is 36.9 Å². The Morgan fingerprint density at radius 3 is 2.57 bits per heavy atom. The molecule has 28 heavy (non-hydrogen) atoms. The normalized spacial score (nSPS) is 23.6. The number of nitrogens with zero attached hydrogens (tertiary/aromatic N) is 4. The lowest BCUT2D eigenvalue weighted by atomic mass is 10.2. The molecule has 14 heteroatoms. The number of anilines is 1. The van der Waals surface area contributed by atoms with Gasteiger partial charge in [0.05, 0.1) is 18.9 Å². The van der Waals surface area contributed by atoms with E-state index < -0.39 is 55.8 Å². The van der Waals surface area contributed by atoms with Gasteiger partial charge in [0.2, 0.25) is 5.95 Å². The molecule has 0 bridgehead atoms. The molecular formula is C14H16F5N5O4. The molecule has 2 aromatic rings. The lowest BCUT2D eigenvalue weighted by Gasteiger charge is -2.19. The van der Waals surface area contributed by atoms with Crippen LogP contribution in [0.1, 0.15) is 19.1 Å². The number of halogens is 5. The van der Waals surface area contributed by atoms with Gasteiger partial charge in [-0.25, -0.2) is 14.3 Å². The number of aromatic nitrogens is 4. The molecule has 0 unspecified atom stereocenters. The average Bonchev–Trinajstić information content (AvgIpc) is 3.08. The fourth-order valence-electron chi connectivity index (χ4n) is 2.99. The van der Waals surface area contributed by atoms with E-state index in [4.69, 9.17) is 15.6 Å². The Morgan fingerprint density at radius 1 is 1.32 bits per heavy atom. The van der Waals surface area contributed by atoms with Crippen molar-refractivity contribution >= 4 is 17.1 Å². The number of ether oxygens (including phenoxy) is 1. The molecule has 2 aromatic heterocycles. The zero-order valence-electron chi connectivity index (χ0n) is 14.1. The van der Waals surface area contributed by atoms with E-state index in [1.165, 1.54) is 0 Å². The minimum absolute atomic E-state index is 0.0208. The Hall–Kier alpha value is -2.32. The van der Waals surface area contributed by atoms with Crippen LogP contribution in [0.4, 0.5) is 27.9 Å². The molecule has 1 aliphatic heterocycles. The summed E-state index contributed by atoms with van der Waals surface area (Å²) in [5.74, 6) is -5.30. The molecule has 0 saturated carbocycles. The number of alkyl halides is 5. The first-order chi connectivity index (χ1) is 13.0. The van der Waals surface area contributed by atoms with E-state index in [2.05, 4.69) is 9.97 Å². The first-order valence-corrected chi connectivity index (χ1v) is 8.08. The third kappa shape index (κ3) is 3.42. The fourth-order valence-corrected chi connectivity index (χ4v) is 2.99. The first-order valence-electron chi connectivity index (χ1n) is 8.08. The minimum atomic E-state index is -5.77. The molecule has 3 rings (SSSR count). The van der Waals surface area contributed by atoms with Crippen molar-refractivity contribution in [2.75, 3.05) is 12.3 Å². The summed E-state index contributed by atoms with van der Waals surface area (Å²) >= 11 is 0. The molecule has 9 nitrogen and oxygen atoms in total. The van der Waals surface area contributed by atoms with E-state index >= 15 is 0 Å². The van der Waals surface area contributed by atoms with Gasteiger partial charge in [-0.1, -0.05) is 0 Å². The van der Waals surface area contributed by atoms with Crippen LogP contribution in [0.15, 0.2) is 11.0 Å². The Morgan fingerprint density at radius 2 is 2.00 bits per heavy atom. The van der Waals surface area contributed by atoms with E-state index in [-0.39, 0.29) is 23.5 Å². The SMILES string of the molecule is Nc1ncc2c(n1)n([C@@H]1O[C@H](CO)C[C@H]1O)c(=O)n2CCC(F)(F)C(F)(F)F. The van der Waals surface area contributed by atoms with Crippen LogP contribution in [0.5, 0.6) is 0 Å². The molecule has 1 fully saturated rings. The van der Waals surface area contributed by atoms with Crippen molar-refractivity contribution in [1.29, 1.82) is 0 Å². The van der Waals surface area contributed by atoms with Crippen LogP contribution in [0.2, 0.25) is 0 Å². The van der Waals surface area contributed by atoms with Crippen LogP contribution in [-0.4, -0.2) is 60.2 Å². The molecule has 0 aromatic carbocycles. The van der Waals surface area contributed by atoms with Gasteiger partial charge < -0.3 is 20.7 Å². The largest absolute Gasteiger partial charge is 0.453 e. The van der Waals surface area contributed by atoms with Gasteiger partial charge in [-0.3, -0.25) is 4.57 Å². The van der Waals surface area contributed by atoms with Gasteiger partial charge in [-0.15, -0.1) is 0 Å². The summed E-state index contributed by atoms with van der Waals surface area (Å²) in [4.78, 5) is 20.2. The Kier molecular flexibility index (Phi) is 5.05.